The first-order chi connectivity index (χ1) is 15.2. The number of anilines is 1. The molecule has 0 bridgehead atoms. The number of carbonyl (C=O) groups excluding carboxylic acids is 1. The Morgan fingerprint density at radius 2 is 1.74 bits per heavy atom. The maximum atomic E-state index is 12.5. The van der Waals surface area contributed by atoms with E-state index in [4.69, 9.17) is 0 Å². The summed E-state index contributed by atoms with van der Waals surface area (Å²) in [5.41, 5.74) is 2.44. The van der Waals surface area contributed by atoms with E-state index in [1.807, 2.05) is 24.3 Å². The molecule has 0 atom stereocenters. The molecule has 0 saturated carbocycles. The second-order valence-electron chi connectivity index (χ2n) is 7.56. The predicted octanol–water partition coefficient (Wildman–Crippen LogP) is 3.39. The van der Waals surface area contributed by atoms with Gasteiger partial charge in [0.1, 0.15) is 5.69 Å². The van der Waals surface area contributed by atoms with Crippen LogP contribution in [0.2, 0.25) is 0 Å². The number of nitrogens with one attached hydrogen (secondary N) is 1. The quantitative estimate of drug-likeness (QED) is 0.532. The summed E-state index contributed by atoms with van der Waals surface area (Å²) in [6, 6.07) is 15.0. The monoisotopic (exact) mass is 434 g/mol. The Labute approximate surface area is 182 Å². The van der Waals surface area contributed by atoms with Crippen LogP contribution in [-0.2, 0) is 6.54 Å². The Bertz CT molecular complexity index is 1270. The van der Waals surface area contributed by atoms with Gasteiger partial charge in [-0.05, 0) is 67.2 Å². The molecule has 1 fully saturated rings. The van der Waals surface area contributed by atoms with E-state index in [2.05, 4.69) is 32.7 Å². The van der Waals surface area contributed by atoms with Crippen molar-refractivity contribution in [3.05, 3.63) is 70.8 Å². The van der Waals surface area contributed by atoms with Gasteiger partial charge in [0.05, 0.1) is 28.5 Å². The molecule has 2 aromatic carbocycles. The van der Waals surface area contributed by atoms with Crippen molar-refractivity contribution >= 4 is 33.3 Å². The number of nitrogens with zero attached hydrogens (tertiary/aromatic N) is 5. The lowest BCUT2D eigenvalue weighted by molar-refractivity contribution is 0.243. The molecular weight excluding hydrogens is 412 g/mol. The summed E-state index contributed by atoms with van der Waals surface area (Å²) >= 11 is 1.13. The number of fused-ring (bicyclic) bond motifs is 1. The number of hydrogen-bond donors (Lipinski definition) is 1. The minimum atomic E-state index is -0.466. The molecule has 31 heavy (non-hydrogen) atoms. The van der Waals surface area contributed by atoms with Gasteiger partial charge in [-0.15, -0.1) is 5.10 Å². The third-order valence-electron chi connectivity index (χ3n) is 5.47. The SMILES string of the molecule is O=C(NCc1cn(-c2ccc(N3CCCCC3)cc2)nn1)n1sc2ccccc2c1=O. The van der Waals surface area contributed by atoms with E-state index >= 15 is 0 Å². The zero-order valence-electron chi connectivity index (χ0n) is 16.9. The largest absolute Gasteiger partial charge is 0.372 e. The molecule has 2 aromatic heterocycles. The minimum absolute atomic E-state index is 0.186. The van der Waals surface area contributed by atoms with Crippen LogP contribution < -0.4 is 15.8 Å². The third-order valence-corrected chi connectivity index (χ3v) is 6.54. The molecule has 0 unspecified atom stereocenters. The Kier molecular flexibility index (Phi) is 5.25. The van der Waals surface area contributed by atoms with Gasteiger partial charge in [0.25, 0.3) is 5.56 Å². The average molecular weight is 435 g/mol. The molecule has 3 heterocycles. The van der Waals surface area contributed by atoms with Gasteiger partial charge in [-0.3, -0.25) is 4.79 Å². The number of benzene rings is 2. The number of aromatic nitrogens is 4. The maximum absolute atomic E-state index is 12.5. The molecule has 4 aromatic rings. The summed E-state index contributed by atoms with van der Waals surface area (Å²) in [6.07, 6.45) is 5.58. The van der Waals surface area contributed by atoms with Crippen LogP contribution in [0.4, 0.5) is 10.5 Å². The van der Waals surface area contributed by atoms with Gasteiger partial charge in [0.15, 0.2) is 0 Å². The summed E-state index contributed by atoms with van der Waals surface area (Å²) in [4.78, 5) is 27.3. The normalized spacial score (nSPS) is 14.1. The van der Waals surface area contributed by atoms with E-state index in [1.54, 1.807) is 23.0 Å². The van der Waals surface area contributed by atoms with Crippen molar-refractivity contribution in [3.63, 3.8) is 0 Å². The van der Waals surface area contributed by atoms with Crippen molar-refractivity contribution in [1.82, 2.24) is 24.3 Å². The van der Waals surface area contributed by atoms with Gasteiger partial charge < -0.3 is 10.2 Å². The first-order valence-corrected chi connectivity index (χ1v) is 11.1. The molecule has 1 aliphatic heterocycles. The zero-order chi connectivity index (χ0) is 21.2. The molecule has 0 radical (unpaired) electrons. The molecule has 9 heteroatoms. The van der Waals surface area contributed by atoms with Crippen LogP contribution in [0, 0.1) is 0 Å². The highest BCUT2D eigenvalue weighted by Crippen LogP contribution is 2.21. The zero-order valence-corrected chi connectivity index (χ0v) is 17.7. The fraction of sp³-hybridized carbons (Fsp3) is 0.273. The average Bonchev–Trinajstić information content (AvgIpc) is 3.43. The van der Waals surface area contributed by atoms with E-state index < -0.39 is 6.03 Å². The molecule has 8 nitrogen and oxygen atoms in total. The van der Waals surface area contributed by atoms with Crippen LogP contribution in [-0.4, -0.2) is 38.1 Å². The lowest BCUT2D eigenvalue weighted by atomic mass is 10.1. The Hall–Kier alpha value is -3.46. The van der Waals surface area contributed by atoms with Crippen molar-refractivity contribution in [1.29, 1.82) is 0 Å². The lowest BCUT2D eigenvalue weighted by Gasteiger charge is -2.28. The smallest absolute Gasteiger partial charge is 0.338 e. The number of piperidine rings is 1. The van der Waals surface area contributed by atoms with Gasteiger partial charge in [0, 0.05) is 18.8 Å². The third kappa shape index (κ3) is 3.96. The Morgan fingerprint density at radius 1 is 1.00 bits per heavy atom. The molecule has 1 saturated heterocycles. The van der Waals surface area contributed by atoms with Gasteiger partial charge in [0.2, 0.25) is 0 Å². The van der Waals surface area contributed by atoms with Crippen LogP contribution in [0.3, 0.4) is 0 Å². The molecule has 5 rings (SSSR count). The first-order valence-electron chi connectivity index (χ1n) is 10.3. The van der Waals surface area contributed by atoms with Gasteiger partial charge in [-0.1, -0.05) is 17.3 Å². The van der Waals surface area contributed by atoms with Crippen LogP contribution in [0.1, 0.15) is 25.0 Å². The maximum Gasteiger partial charge on any atom is 0.338 e. The van der Waals surface area contributed by atoms with Crippen molar-refractivity contribution in [2.75, 3.05) is 18.0 Å². The van der Waals surface area contributed by atoms with Gasteiger partial charge in [-0.25, -0.2) is 9.48 Å². The van der Waals surface area contributed by atoms with Crippen LogP contribution in [0.15, 0.2) is 59.5 Å². The van der Waals surface area contributed by atoms with E-state index in [0.29, 0.717) is 11.1 Å². The Morgan fingerprint density at radius 3 is 2.52 bits per heavy atom. The van der Waals surface area contributed by atoms with Gasteiger partial charge >= 0.3 is 6.03 Å². The highest BCUT2D eigenvalue weighted by molar-refractivity contribution is 7.14. The fourth-order valence-corrected chi connectivity index (χ4v) is 4.74. The topological polar surface area (TPSA) is 85.1 Å². The molecule has 158 valence electrons. The van der Waals surface area contributed by atoms with E-state index in [0.717, 1.165) is 39.0 Å². The molecule has 1 N–H and O–H groups in total. The fourth-order valence-electron chi connectivity index (χ4n) is 3.82. The molecule has 0 aliphatic carbocycles. The van der Waals surface area contributed by atoms with Crippen LogP contribution in [0.25, 0.3) is 15.8 Å². The van der Waals surface area contributed by atoms with Gasteiger partial charge in [-0.2, -0.15) is 3.96 Å². The number of amides is 1. The first kappa shape index (κ1) is 19.5. The molecular formula is C22H22N6O2S. The second kappa shape index (κ2) is 8.35. The van der Waals surface area contributed by atoms with E-state index in [9.17, 15) is 9.59 Å². The standard InChI is InChI=1S/C22H22N6O2S/c29-21-19-6-2-3-7-20(19)31-28(21)22(30)23-14-16-15-27(25-24-16)18-10-8-17(9-11-18)26-12-4-1-5-13-26/h2-3,6-11,15H,1,4-5,12-14H2,(H,23,30). The number of rotatable bonds is 4. The molecule has 1 amide bonds. The highest BCUT2D eigenvalue weighted by Gasteiger charge is 2.14. The number of carbonyl (C=O) groups is 1. The van der Waals surface area contributed by atoms with Crippen molar-refractivity contribution < 1.29 is 4.79 Å². The minimum Gasteiger partial charge on any atom is -0.372 e. The van der Waals surface area contributed by atoms with Crippen molar-refractivity contribution in [2.45, 2.75) is 25.8 Å². The van der Waals surface area contributed by atoms with Crippen LogP contribution in [0.5, 0.6) is 0 Å². The van der Waals surface area contributed by atoms with Crippen molar-refractivity contribution in [2.24, 2.45) is 0 Å². The van der Waals surface area contributed by atoms with Crippen LogP contribution >= 0.6 is 11.5 Å². The van der Waals surface area contributed by atoms with E-state index in [1.165, 1.54) is 24.9 Å². The summed E-state index contributed by atoms with van der Waals surface area (Å²) in [7, 11) is 0. The lowest BCUT2D eigenvalue weighted by Crippen LogP contribution is -2.32. The summed E-state index contributed by atoms with van der Waals surface area (Å²) < 4.78 is 3.60. The van der Waals surface area contributed by atoms with E-state index in [-0.39, 0.29) is 12.1 Å². The Balaban J connectivity index is 1.25. The predicted molar refractivity (Wildman–Crippen MR) is 121 cm³/mol. The second-order valence-corrected chi connectivity index (χ2v) is 8.55. The number of hydrogen-bond acceptors (Lipinski definition) is 6. The molecule has 0 spiro atoms. The summed E-state index contributed by atoms with van der Waals surface area (Å²) in [5, 5.41) is 11.6. The summed E-state index contributed by atoms with van der Waals surface area (Å²) in [6.45, 7) is 2.40. The molecule has 1 aliphatic rings. The highest BCUT2D eigenvalue weighted by atomic mass is 32.1. The summed E-state index contributed by atoms with van der Waals surface area (Å²) in [5.74, 6) is 0. The van der Waals surface area contributed by atoms with Crippen molar-refractivity contribution in [3.8, 4) is 5.69 Å².